The molecule has 0 aliphatic rings. The molecule has 0 aliphatic heterocycles. The number of aromatic nitrogens is 2. The van der Waals surface area contributed by atoms with E-state index in [-0.39, 0.29) is 29.9 Å². The summed E-state index contributed by atoms with van der Waals surface area (Å²) in [4.78, 5) is 41.7. The van der Waals surface area contributed by atoms with E-state index < -0.39 is 11.5 Å². The average molecular weight is 356 g/mol. The minimum atomic E-state index is -0.560. The van der Waals surface area contributed by atoms with Crippen molar-refractivity contribution in [1.29, 1.82) is 0 Å². The molecule has 0 bridgehead atoms. The number of Topliss-reactive ketones (excluding diaryl/α,β-unsaturated/α-hetero) is 1. The summed E-state index contributed by atoms with van der Waals surface area (Å²) in [6, 6.07) is 7.14. The molecule has 1 aromatic carbocycles. The van der Waals surface area contributed by atoms with Gasteiger partial charge in [0.1, 0.15) is 4.83 Å². The van der Waals surface area contributed by atoms with Crippen LogP contribution in [0.3, 0.4) is 0 Å². The predicted molar refractivity (Wildman–Crippen MR) is 95.3 cm³/mol. The number of esters is 1. The van der Waals surface area contributed by atoms with Gasteiger partial charge >= 0.3 is 5.97 Å². The zero-order chi connectivity index (χ0) is 18.0. The van der Waals surface area contributed by atoms with Crippen molar-refractivity contribution >= 4 is 33.3 Å². The van der Waals surface area contributed by atoms with Gasteiger partial charge in [-0.25, -0.2) is 9.78 Å². The van der Waals surface area contributed by atoms with Crippen LogP contribution in [0.1, 0.15) is 33.2 Å². The number of benzene rings is 1. The first-order chi connectivity index (χ1) is 12.0. The summed E-state index contributed by atoms with van der Waals surface area (Å²) in [5.74, 6) is -0.758. The van der Waals surface area contributed by atoms with E-state index in [1.165, 1.54) is 22.2 Å². The number of nitrogens with zero attached hydrogens (tertiary/aromatic N) is 2. The van der Waals surface area contributed by atoms with Crippen LogP contribution in [0.25, 0.3) is 10.2 Å². The second-order valence-electron chi connectivity index (χ2n) is 5.52. The number of carbonyl (C=O) groups is 2. The Bertz CT molecular complexity index is 1000. The zero-order valence-corrected chi connectivity index (χ0v) is 14.6. The van der Waals surface area contributed by atoms with E-state index in [4.69, 9.17) is 4.74 Å². The number of aryl methyl sites for hydroxylation is 1. The fourth-order valence-corrected chi connectivity index (χ4v) is 3.29. The maximum Gasteiger partial charge on any atom is 0.339 e. The molecule has 128 valence electrons. The number of rotatable bonds is 5. The molecule has 7 heteroatoms. The van der Waals surface area contributed by atoms with Gasteiger partial charge in [-0.2, -0.15) is 0 Å². The fraction of sp³-hybridized carbons (Fsp3) is 0.222. The first-order valence-electron chi connectivity index (χ1n) is 7.75. The largest absolute Gasteiger partial charge is 0.462 e. The first kappa shape index (κ1) is 17.0. The molecule has 2 aromatic heterocycles. The van der Waals surface area contributed by atoms with Crippen LogP contribution in [-0.4, -0.2) is 27.9 Å². The van der Waals surface area contributed by atoms with E-state index in [9.17, 15) is 14.4 Å². The number of carbonyl (C=O) groups excluding carboxylic acids is 2. The summed E-state index contributed by atoms with van der Waals surface area (Å²) in [6.45, 7) is 3.72. The first-order valence-corrected chi connectivity index (χ1v) is 8.63. The summed E-state index contributed by atoms with van der Waals surface area (Å²) in [5, 5.41) is 1.76. The van der Waals surface area contributed by atoms with Gasteiger partial charge in [0.25, 0.3) is 5.56 Å². The van der Waals surface area contributed by atoms with Gasteiger partial charge in [-0.05, 0) is 13.8 Å². The molecule has 0 unspecified atom stereocenters. The summed E-state index contributed by atoms with van der Waals surface area (Å²) < 4.78 is 6.20. The van der Waals surface area contributed by atoms with Gasteiger partial charge in [-0.1, -0.05) is 29.8 Å². The number of ether oxygens (including phenoxy) is 1. The standard InChI is InChI=1S/C18H16N2O4S/c1-3-24-18(23)13-9-25-16-15(13)17(22)20(10-19-16)8-14(21)12-6-4-11(2)5-7-12/h4-7,9-10H,3,8H2,1-2H3. The van der Waals surface area contributed by atoms with Gasteiger partial charge in [-0.3, -0.25) is 14.2 Å². The molecule has 0 N–H and O–H groups in total. The lowest BCUT2D eigenvalue weighted by Gasteiger charge is -2.06. The topological polar surface area (TPSA) is 78.3 Å². The number of hydrogen-bond acceptors (Lipinski definition) is 6. The lowest BCUT2D eigenvalue weighted by Crippen LogP contribution is -2.25. The van der Waals surface area contributed by atoms with E-state index >= 15 is 0 Å². The van der Waals surface area contributed by atoms with Crippen LogP contribution in [0.2, 0.25) is 0 Å². The maximum atomic E-state index is 12.7. The highest BCUT2D eigenvalue weighted by Gasteiger charge is 2.19. The molecule has 0 saturated carbocycles. The third-order valence-corrected chi connectivity index (χ3v) is 4.63. The molecule has 0 aliphatic carbocycles. The zero-order valence-electron chi connectivity index (χ0n) is 13.8. The minimum Gasteiger partial charge on any atom is -0.462 e. The molecular formula is C18H16N2O4S. The highest BCUT2D eigenvalue weighted by molar-refractivity contribution is 7.17. The lowest BCUT2D eigenvalue weighted by atomic mass is 10.1. The van der Waals surface area contributed by atoms with Crippen LogP contribution in [0.5, 0.6) is 0 Å². The predicted octanol–water partition coefficient (Wildman–Crippen LogP) is 2.83. The Morgan fingerprint density at radius 1 is 1.24 bits per heavy atom. The summed E-state index contributed by atoms with van der Waals surface area (Å²) in [6.07, 6.45) is 1.34. The third-order valence-electron chi connectivity index (χ3n) is 3.74. The minimum absolute atomic E-state index is 0.136. The quantitative estimate of drug-likeness (QED) is 0.519. The smallest absolute Gasteiger partial charge is 0.339 e. The molecule has 0 radical (unpaired) electrons. The van der Waals surface area contributed by atoms with Crippen molar-refractivity contribution in [2.45, 2.75) is 20.4 Å². The van der Waals surface area contributed by atoms with Crippen molar-refractivity contribution in [2.75, 3.05) is 6.61 Å². The van der Waals surface area contributed by atoms with Crippen molar-refractivity contribution in [3.8, 4) is 0 Å². The molecule has 2 heterocycles. The molecule has 0 saturated heterocycles. The van der Waals surface area contributed by atoms with Crippen LogP contribution in [0.15, 0.2) is 40.8 Å². The Kier molecular flexibility index (Phi) is 4.76. The monoisotopic (exact) mass is 356 g/mol. The Labute approximate surface area is 147 Å². The number of hydrogen-bond donors (Lipinski definition) is 0. The van der Waals surface area contributed by atoms with Crippen molar-refractivity contribution in [3.63, 3.8) is 0 Å². The highest BCUT2D eigenvalue weighted by atomic mass is 32.1. The van der Waals surface area contributed by atoms with Gasteiger partial charge in [-0.15, -0.1) is 11.3 Å². The van der Waals surface area contributed by atoms with Crippen molar-refractivity contribution < 1.29 is 14.3 Å². The molecule has 0 amide bonds. The van der Waals surface area contributed by atoms with E-state index in [0.717, 1.165) is 5.56 Å². The molecule has 0 spiro atoms. The lowest BCUT2D eigenvalue weighted by molar-refractivity contribution is 0.0529. The summed E-state index contributed by atoms with van der Waals surface area (Å²) in [5.41, 5.74) is 1.34. The van der Waals surface area contributed by atoms with Crippen LogP contribution < -0.4 is 5.56 Å². The second-order valence-corrected chi connectivity index (χ2v) is 6.37. The van der Waals surface area contributed by atoms with Gasteiger partial charge in [0.05, 0.1) is 30.4 Å². The molecule has 6 nitrogen and oxygen atoms in total. The highest BCUT2D eigenvalue weighted by Crippen LogP contribution is 2.21. The average Bonchev–Trinajstić information content (AvgIpc) is 3.03. The van der Waals surface area contributed by atoms with Gasteiger partial charge in [0.2, 0.25) is 0 Å². The Morgan fingerprint density at radius 2 is 1.96 bits per heavy atom. The Balaban J connectivity index is 1.97. The molecular weight excluding hydrogens is 340 g/mol. The van der Waals surface area contributed by atoms with Crippen molar-refractivity contribution in [3.05, 3.63) is 63.0 Å². The summed E-state index contributed by atoms with van der Waals surface area (Å²) >= 11 is 1.20. The number of ketones is 1. The SMILES string of the molecule is CCOC(=O)c1csc2ncn(CC(=O)c3ccc(C)cc3)c(=O)c12. The Morgan fingerprint density at radius 3 is 2.64 bits per heavy atom. The molecule has 0 atom stereocenters. The van der Waals surface area contributed by atoms with Crippen molar-refractivity contribution in [2.24, 2.45) is 0 Å². The second kappa shape index (κ2) is 6.98. The Hall–Kier alpha value is -2.80. The molecule has 3 rings (SSSR count). The fourth-order valence-electron chi connectivity index (χ4n) is 2.42. The van der Waals surface area contributed by atoms with E-state index in [1.807, 2.05) is 19.1 Å². The molecule has 3 aromatic rings. The molecule has 0 fully saturated rings. The van der Waals surface area contributed by atoms with E-state index in [1.54, 1.807) is 24.4 Å². The van der Waals surface area contributed by atoms with Crippen LogP contribution in [-0.2, 0) is 11.3 Å². The van der Waals surface area contributed by atoms with Crippen LogP contribution in [0, 0.1) is 6.92 Å². The van der Waals surface area contributed by atoms with Gasteiger partial charge in [0, 0.05) is 10.9 Å². The van der Waals surface area contributed by atoms with Gasteiger partial charge in [0.15, 0.2) is 5.78 Å². The van der Waals surface area contributed by atoms with Gasteiger partial charge < -0.3 is 4.74 Å². The van der Waals surface area contributed by atoms with Crippen molar-refractivity contribution in [1.82, 2.24) is 9.55 Å². The molecule has 25 heavy (non-hydrogen) atoms. The number of fused-ring (bicyclic) bond motifs is 1. The number of thiophene rings is 1. The third kappa shape index (κ3) is 3.36. The van der Waals surface area contributed by atoms with Crippen LogP contribution in [0.4, 0.5) is 0 Å². The maximum absolute atomic E-state index is 12.7. The van der Waals surface area contributed by atoms with E-state index in [2.05, 4.69) is 4.98 Å². The normalized spacial score (nSPS) is 10.8. The van der Waals surface area contributed by atoms with Crippen LogP contribution >= 0.6 is 11.3 Å². The summed E-state index contributed by atoms with van der Waals surface area (Å²) in [7, 11) is 0. The van der Waals surface area contributed by atoms with E-state index in [0.29, 0.717) is 10.4 Å².